The first kappa shape index (κ1) is 28.7. The molecular weight excluding hydrogens is 489 g/mol. The van der Waals surface area contributed by atoms with Crippen LogP contribution in [0.5, 0.6) is 0 Å². The highest BCUT2D eigenvalue weighted by Crippen LogP contribution is 2.45. The van der Waals surface area contributed by atoms with Crippen LogP contribution in [0.25, 0.3) is 0 Å². The van der Waals surface area contributed by atoms with Crippen LogP contribution in [0.4, 0.5) is 4.79 Å². The summed E-state index contributed by atoms with van der Waals surface area (Å²) in [5.74, 6) is -0.841. The van der Waals surface area contributed by atoms with Crippen LogP contribution in [0.1, 0.15) is 47.3 Å². The highest BCUT2D eigenvalue weighted by Gasteiger charge is 2.36. The van der Waals surface area contributed by atoms with Crippen LogP contribution in [0.2, 0.25) is 0 Å². The first-order chi connectivity index (χ1) is 16.4. The minimum Gasteiger partial charge on any atom is -0.462 e. The van der Waals surface area contributed by atoms with Crippen LogP contribution < -0.4 is 16.3 Å². The van der Waals surface area contributed by atoms with Gasteiger partial charge in [0, 0.05) is 18.2 Å². The summed E-state index contributed by atoms with van der Waals surface area (Å²) in [6.07, 6.45) is -1.37. The molecule has 1 aromatic rings. The van der Waals surface area contributed by atoms with Gasteiger partial charge in [-0.15, -0.1) is 0 Å². The Balaban J connectivity index is 2.00. The summed E-state index contributed by atoms with van der Waals surface area (Å²) < 4.78 is 45.3. The second kappa shape index (κ2) is 13.0. The molecule has 4 atom stereocenters. The van der Waals surface area contributed by atoms with Crippen molar-refractivity contribution in [1.29, 1.82) is 0 Å². The molecular formula is C20H32N3O11P. The van der Waals surface area contributed by atoms with Crippen molar-refractivity contribution >= 4 is 19.9 Å². The summed E-state index contributed by atoms with van der Waals surface area (Å²) in [5.41, 5.74) is -1.16. The normalized spacial score (nSPS) is 21.6. The second-order valence-corrected chi connectivity index (χ2v) is 10.2. The minimum atomic E-state index is -4.17. The van der Waals surface area contributed by atoms with Gasteiger partial charge in [0.15, 0.2) is 0 Å². The van der Waals surface area contributed by atoms with E-state index in [0.717, 1.165) is 0 Å². The number of hydrogen-bond acceptors (Lipinski definition) is 11. The first-order valence-electron chi connectivity index (χ1n) is 11.0. The molecule has 0 amide bonds. The van der Waals surface area contributed by atoms with E-state index in [2.05, 4.69) is 10.1 Å². The molecule has 1 fully saturated rings. The Bertz CT molecular complexity index is 1020. The molecule has 1 saturated heterocycles. The molecule has 2 N–H and O–H groups in total. The molecule has 2 rings (SSSR count). The SMILES string of the molecule is CC(C)OC(=O)CNP(=O)(OCOC(=O)OC(C)C)OCC1CC(C)C(n2ccc(=O)[nH]c2=O)O1. The van der Waals surface area contributed by atoms with E-state index >= 15 is 0 Å². The molecule has 14 nitrogen and oxygen atoms in total. The summed E-state index contributed by atoms with van der Waals surface area (Å²) in [6, 6.07) is 1.20. The van der Waals surface area contributed by atoms with Gasteiger partial charge in [-0.3, -0.25) is 28.2 Å². The molecule has 198 valence electrons. The van der Waals surface area contributed by atoms with Crippen molar-refractivity contribution in [3.63, 3.8) is 0 Å². The number of rotatable bonds is 12. The summed E-state index contributed by atoms with van der Waals surface area (Å²) in [4.78, 5) is 49.0. The van der Waals surface area contributed by atoms with Crippen molar-refractivity contribution in [2.24, 2.45) is 5.92 Å². The van der Waals surface area contributed by atoms with Gasteiger partial charge in [0.25, 0.3) is 5.56 Å². The summed E-state index contributed by atoms with van der Waals surface area (Å²) in [5, 5.41) is 2.36. The van der Waals surface area contributed by atoms with Gasteiger partial charge in [-0.1, -0.05) is 6.92 Å². The Hall–Kier alpha value is -2.51. The van der Waals surface area contributed by atoms with E-state index in [9.17, 15) is 23.7 Å². The quantitative estimate of drug-likeness (QED) is 0.232. The molecule has 1 aromatic heterocycles. The molecule has 35 heavy (non-hydrogen) atoms. The third kappa shape index (κ3) is 9.57. The van der Waals surface area contributed by atoms with Gasteiger partial charge >= 0.3 is 25.6 Å². The Kier molecular flexibility index (Phi) is 10.7. The van der Waals surface area contributed by atoms with Crippen LogP contribution in [0.3, 0.4) is 0 Å². The van der Waals surface area contributed by atoms with Crippen molar-refractivity contribution in [3.8, 4) is 0 Å². The lowest BCUT2D eigenvalue weighted by Crippen LogP contribution is -2.33. The van der Waals surface area contributed by atoms with Crippen molar-refractivity contribution in [3.05, 3.63) is 33.1 Å². The first-order valence-corrected chi connectivity index (χ1v) is 12.6. The van der Waals surface area contributed by atoms with E-state index in [-0.39, 0.29) is 18.6 Å². The Morgan fingerprint density at radius 2 is 1.89 bits per heavy atom. The zero-order valence-corrected chi connectivity index (χ0v) is 21.1. The molecule has 0 spiro atoms. The fraction of sp³-hybridized carbons (Fsp3) is 0.700. The maximum atomic E-state index is 13.1. The molecule has 1 aliphatic heterocycles. The van der Waals surface area contributed by atoms with Crippen LogP contribution >= 0.6 is 7.75 Å². The maximum absolute atomic E-state index is 13.1. The molecule has 0 saturated carbocycles. The van der Waals surface area contributed by atoms with Crippen LogP contribution in [-0.4, -0.2) is 59.9 Å². The highest BCUT2D eigenvalue weighted by atomic mass is 31.2. The lowest BCUT2D eigenvalue weighted by Gasteiger charge is -2.21. The average Bonchev–Trinajstić information content (AvgIpc) is 3.10. The fourth-order valence-electron chi connectivity index (χ4n) is 3.14. The maximum Gasteiger partial charge on any atom is 0.510 e. The number of carbonyl (C=O) groups is 2. The molecule has 0 radical (unpaired) electrons. The van der Waals surface area contributed by atoms with Crippen molar-refractivity contribution in [2.45, 2.75) is 65.6 Å². The molecule has 15 heteroatoms. The largest absolute Gasteiger partial charge is 0.510 e. The Morgan fingerprint density at radius 1 is 1.20 bits per heavy atom. The number of esters is 1. The van der Waals surface area contributed by atoms with E-state index < -0.39 is 62.9 Å². The van der Waals surface area contributed by atoms with E-state index in [1.807, 2.05) is 6.92 Å². The Morgan fingerprint density at radius 3 is 2.51 bits per heavy atom. The minimum absolute atomic E-state index is 0.143. The Labute approximate surface area is 201 Å². The number of carbonyl (C=O) groups excluding carboxylic acids is 2. The van der Waals surface area contributed by atoms with Crippen molar-refractivity contribution in [2.75, 3.05) is 19.9 Å². The van der Waals surface area contributed by atoms with Crippen LogP contribution in [0, 0.1) is 5.92 Å². The lowest BCUT2D eigenvalue weighted by molar-refractivity contribution is -0.146. The lowest BCUT2D eigenvalue weighted by atomic mass is 10.1. The molecule has 1 aliphatic rings. The second-order valence-electron chi connectivity index (χ2n) is 8.35. The third-order valence-electron chi connectivity index (χ3n) is 4.52. The van der Waals surface area contributed by atoms with Gasteiger partial charge in [0.05, 0.1) is 24.9 Å². The van der Waals surface area contributed by atoms with Crippen LogP contribution in [-0.2, 0) is 37.4 Å². The molecule has 0 aromatic carbocycles. The zero-order valence-electron chi connectivity index (χ0n) is 20.3. The standard InChI is InChI=1S/C20H32N3O11P/c1-12(2)32-17(25)9-21-35(28,31-11-29-20(27)33-13(3)4)30-10-15-8-14(5)18(34-15)23-7-6-16(24)22-19(23)26/h6-7,12-15,18H,8-11H2,1-5H3,(H,21,28)(H,22,24,26). The summed E-state index contributed by atoms with van der Waals surface area (Å²) in [7, 11) is -4.17. The molecule has 4 unspecified atom stereocenters. The van der Waals surface area contributed by atoms with E-state index in [1.165, 1.54) is 16.8 Å². The summed E-state index contributed by atoms with van der Waals surface area (Å²) >= 11 is 0. The van der Waals surface area contributed by atoms with Gasteiger partial charge < -0.3 is 18.9 Å². The predicted molar refractivity (Wildman–Crippen MR) is 120 cm³/mol. The topological polar surface area (TPSA) is 173 Å². The van der Waals surface area contributed by atoms with Crippen molar-refractivity contribution in [1.82, 2.24) is 14.6 Å². The van der Waals surface area contributed by atoms with E-state index in [0.29, 0.717) is 6.42 Å². The molecule has 2 heterocycles. The number of hydrogen-bond donors (Lipinski definition) is 2. The van der Waals surface area contributed by atoms with Gasteiger partial charge in [-0.05, 0) is 34.1 Å². The number of nitrogens with one attached hydrogen (secondary N) is 2. The van der Waals surface area contributed by atoms with Gasteiger partial charge in [-0.2, -0.15) is 0 Å². The molecule has 0 bridgehead atoms. The number of nitrogens with zero attached hydrogens (tertiary/aromatic N) is 1. The van der Waals surface area contributed by atoms with Gasteiger partial charge in [0.2, 0.25) is 6.79 Å². The number of aromatic amines is 1. The number of aromatic nitrogens is 2. The van der Waals surface area contributed by atoms with Gasteiger partial charge in [0.1, 0.15) is 12.8 Å². The smallest absolute Gasteiger partial charge is 0.462 e. The van der Waals surface area contributed by atoms with E-state index in [1.54, 1.807) is 27.7 Å². The number of H-pyrrole nitrogens is 1. The van der Waals surface area contributed by atoms with Crippen LogP contribution in [0.15, 0.2) is 21.9 Å². The van der Waals surface area contributed by atoms with Crippen molar-refractivity contribution < 1.29 is 42.1 Å². The summed E-state index contributed by atoms with van der Waals surface area (Å²) in [6.45, 7) is 6.88. The predicted octanol–water partition coefficient (Wildman–Crippen LogP) is 1.66. The van der Waals surface area contributed by atoms with E-state index in [4.69, 9.17) is 28.0 Å². The number of ether oxygens (including phenoxy) is 4. The third-order valence-corrected chi connectivity index (χ3v) is 6.00. The zero-order chi connectivity index (χ0) is 26.2. The average molecular weight is 521 g/mol. The molecule has 0 aliphatic carbocycles. The monoisotopic (exact) mass is 521 g/mol. The fourth-order valence-corrected chi connectivity index (χ4v) is 4.27. The highest BCUT2D eigenvalue weighted by molar-refractivity contribution is 7.51. The van der Waals surface area contributed by atoms with Gasteiger partial charge in [-0.25, -0.2) is 19.2 Å².